The molecule has 0 bridgehead atoms. The molecule has 0 aliphatic rings. The first-order valence-corrected chi connectivity index (χ1v) is 7.97. The van der Waals surface area contributed by atoms with Crippen molar-refractivity contribution in [3.63, 3.8) is 0 Å². The van der Waals surface area contributed by atoms with Crippen molar-refractivity contribution in [3.05, 3.63) is 41.2 Å². The lowest BCUT2D eigenvalue weighted by Gasteiger charge is -2.11. The second-order valence-corrected chi connectivity index (χ2v) is 5.70. The van der Waals surface area contributed by atoms with Crippen molar-refractivity contribution in [2.24, 2.45) is 4.99 Å². The van der Waals surface area contributed by atoms with Gasteiger partial charge in [-0.25, -0.2) is 9.97 Å². The highest BCUT2D eigenvalue weighted by molar-refractivity contribution is 14.0. The number of rotatable bonds is 6. The van der Waals surface area contributed by atoms with Gasteiger partial charge in [0.25, 0.3) is 0 Å². The minimum Gasteiger partial charge on any atom is -0.475 e. The molecule has 0 spiro atoms. The van der Waals surface area contributed by atoms with E-state index in [-0.39, 0.29) is 30.1 Å². The van der Waals surface area contributed by atoms with Crippen LogP contribution in [-0.2, 0) is 13.1 Å². The SMILES string of the molecule is CN=C(NCc1ccc(OC(C)C)nc1)NCc1nc(C)c(C)o1.I. The number of nitrogens with one attached hydrogen (secondary N) is 2. The number of aliphatic imine (C=N–C) groups is 1. The molecule has 0 fully saturated rings. The van der Waals surface area contributed by atoms with E-state index in [4.69, 9.17) is 9.15 Å². The Hall–Kier alpha value is -1.84. The van der Waals surface area contributed by atoms with Crippen LogP contribution in [0.2, 0.25) is 0 Å². The van der Waals surface area contributed by atoms with E-state index in [1.807, 2.05) is 39.8 Å². The molecule has 0 aliphatic carbocycles. The zero-order valence-corrected chi connectivity index (χ0v) is 17.6. The van der Waals surface area contributed by atoms with Gasteiger partial charge >= 0.3 is 0 Å². The molecule has 7 nitrogen and oxygen atoms in total. The van der Waals surface area contributed by atoms with E-state index in [1.54, 1.807) is 13.2 Å². The van der Waals surface area contributed by atoms with Gasteiger partial charge in [-0.1, -0.05) is 6.07 Å². The average molecular weight is 459 g/mol. The summed E-state index contributed by atoms with van der Waals surface area (Å²) in [7, 11) is 1.72. The molecule has 0 atom stereocenters. The molecule has 2 aromatic heterocycles. The first-order valence-electron chi connectivity index (χ1n) is 7.97. The minimum absolute atomic E-state index is 0. The van der Waals surface area contributed by atoms with Crippen molar-refractivity contribution in [3.8, 4) is 5.88 Å². The van der Waals surface area contributed by atoms with Gasteiger partial charge < -0.3 is 19.8 Å². The van der Waals surface area contributed by atoms with Crippen LogP contribution in [0.3, 0.4) is 0 Å². The summed E-state index contributed by atoms with van der Waals surface area (Å²) < 4.78 is 11.1. The highest BCUT2D eigenvalue weighted by Crippen LogP contribution is 2.09. The topological polar surface area (TPSA) is 84.6 Å². The van der Waals surface area contributed by atoms with E-state index in [1.165, 1.54) is 0 Å². The number of nitrogens with zero attached hydrogens (tertiary/aromatic N) is 3. The predicted octanol–water partition coefficient (Wildman–Crippen LogP) is 2.96. The van der Waals surface area contributed by atoms with Crippen LogP contribution >= 0.6 is 24.0 Å². The van der Waals surface area contributed by atoms with Crippen molar-refractivity contribution < 1.29 is 9.15 Å². The predicted molar refractivity (Wildman–Crippen MR) is 108 cm³/mol. The summed E-state index contributed by atoms with van der Waals surface area (Å²) in [5.41, 5.74) is 1.95. The fourth-order valence-corrected chi connectivity index (χ4v) is 2.01. The first kappa shape index (κ1) is 21.2. The molecular weight excluding hydrogens is 433 g/mol. The quantitative estimate of drug-likeness (QED) is 0.393. The summed E-state index contributed by atoms with van der Waals surface area (Å²) in [5.74, 6) is 2.78. The van der Waals surface area contributed by atoms with Crippen molar-refractivity contribution in [1.29, 1.82) is 0 Å². The molecule has 0 saturated carbocycles. The number of oxazole rings is 1. The first-order chi connectivity index (χ1) is 11.5. The molecule has 0 amide bonds. The lowest BCUT2D eigenvalue weighted by molar-refractivity contribution is 0.232. The fraction of sp³-hybridized carbons (Fsp3) is 0.471. The van der Waals surface area contributed by atoms with Gasteiger partial charge in [0.15, 0.2) is 5.96 Å². The Morgan fingerprint density at radius 2 is 1.96 bits per heavy atom. The molecule has 0 radical (unpaired) electrons. The van der Waals surface area contributed by atoms with Crippen LogP contribution in [0.1, 0.15) is 36.8 Å². The maximum absolute atomic E-state index is 5.54. The van der Waals surface area contributed by atoms with E-state index in [0.29, 0.717) is 30.8 Å². The summed E-state index contributed by atoms with van der Waals surface area (Å²) in [6.45, 7) is 8.87. The number of hydrogen-bond acceptors (Lipinski definition) is 5. The number of guanidine groups is 1. The third kappa shape index (κ3) is 6.89. The van der Waals surface area contributed by atoms with Crippen LogP contribution in [0.25, 0.3) is 0 Å². The summed E-state index contributed by atoms with van der Waals surface area (Å²) >= 11 is 0. The monoisotopic (exact) mass is 459 g/mol. The molecule has 0 unspecified atom stereocenters. The van der Waals surface area contributed by atoms with Gasteiger partial charge in [0, 0.05) is 25.9 Å². The van der Waals surface area contributed by atoms with Gasteiger partial charge in [-0.3, -0.25) is 4.99 Å². The third-order valence-corrected chi connectivity index (χ3v) is 3.32. The zero-order valence-electron chi connectivity index (χ0n) is 15.3. The Bertz CT molecular complexity index is 663. The molecule has 0 aromatic carbocycles. The van der Waals surface area contributed by atoms with Crippen molar-refractivity contribution >= 4 is 29.9 Å². The van der Waals surface area contributed by atoms with Crippen molar-refractivity contribution in [2.75, 3.05) is 7.05 Å². The van der Waals surface area contributed by atoms with Crippen molar-refractivity contribution in [1.82, 2.24) is 20.6 Å². The maximum Gasteiger partial charge on any atom is 0.214 e. The molecule has 2 heterocycles. The second kappa shape index (κ2) is 10.2. The third-order valence-electron chi connectivity index (χ3n) is 3.32. The van der Waals surface area contributed by atoms with Crippen LogP contribution in [-0.4, -0.2) is 29.1 Å². The number of aryl methyl sites for hydroxylation is 2. The number of halogens is 1. The Kier molecular flexibility index (Phi) is 8.67. The van der Waals surface area contributed by atoms with Gasteiger partial charge in [0.1, 0.15) is 5.76 Å². The normalized spacial score (nSPS) is 11.2. The van der Waals surface area contributed by atoms with Crippen LogP contribution in [0.15, 0.2) is 27.7 Å². The number of hydrogen-bond donors (Lipinski definition) is 2. The van der Waals surface area contributed by atoms with E-state index in [2.05, 4.69) is 25.6 Å². The van der Waals surface area contributed by atoms with Gasteiger partial charge in [0.2, 0.25) is 11.8 Å². The summed E-state index contributed by atoms with van der Waals surface area (Å²) in [6, 6.07) is 3.84. The van der Waals surface area contributed by atoms with Gasteiger partial charge in [-0.15, -0.1) is 24.0 Å². The molecular formula is C17H26IN5O2. The van der Waals surface area contributed by atoms with Crippen LogP contribution in [0, 0.1) is 13.8 Å². The highest BCUT2D eigenvalue weighted by Gasteiger charge is 2.06. The van der Waals surface area contributed by atoms with Gasteiger partial charge in [0.05, 0.1) is 18.3 Å². The molecule has 2 rings (SSSR count). The molecule has 138 valence electrons. The van der Waals surface area contributed by atoms with Gasteiger partial charge in [-0.2, -0.15) is 0 Å². The molecule has 0 saturated heterocycles. The van der Waals surface area contributed by atoms with Crippen LogP contribution < -0.4 is 15.4 Å². The Morgan fingerprint density at radius 3 is 2.48 bits per heavy atom. The minimum atomic E-state index is 0. The molecule has 8 heteroatoms. The Labute approximate surface area is 165 Å². The second-order valence-electron chi connectivity index (χ2n) is 5.70. The van der Waals surface area contributed by atoms with Gasteiger partial charge in [-0.05, 0) is 33.3 Å². The fourth-order valence-electron chi connectivity index (χ4n) is 2.01. The molecule has 2 N–H and O–H groups in total. The van der Waals surface area contributed by atoms with E-state index >= 15 is 0 Å². The standard InChI is InChI=1S/C17H25N5O2.HI/c1-11(2)23-15-7-6-14(8-19-15)9-20-17(18-5)21-10-16-22-12(3)13(4)24-16;/h6-8,11H,9-10H2,1-5H3,(H2,18,20,21);1H. The van der Waals surface area contributed by atoms with Crippen molar-refractivity contribution in [2.45, 2.75) is 46.9 Å². The summed E-state index contributed by atoms with van der Waals surface area (Å²) in [5, 5.41) is 6.40. The smallest absolute Gasteiger partial charge is 0.214 e. The highest BCUT2D eigenvalue weighted by atomic mass is 127. The summed E-state index contributed by atoms with van der Waals surface area (Å²) in [4.78, 5) is 12.8. The number of pyridine rings is 1. The average Bonchev–Trinajstić information content (AvgIpc) is 2.87. The van der Waals surface area contributed by atoms with Crippen LogP contribution in [0.5, 0.6) is 5.88 Å². The maximum atomic E-state index is 5.54. The summed E-state index contributed by atoms with van der Waals surface area (Å²) in [6.07, 6.45) is 1.91. The van der Waals surface area contributed by atoms with E-state index < -0.39 is 0 Å². The number of ether oxygens (including phenoxy) is 1. The molecule has 0 aliphatic heterocycles. The lowest BCUT2D eigenvalue weighted by Crippen LogP contribution is -2.36. The Balaban J connectivity index is 0.00000312. The Morgan fingerprint density at radius 1 is 1.24 bits per heavy atom. The largest absolute Gasteiger partial charge is 0.475 e. The zero-order chi connectivity index (χ0) is 17.5. The lowest BCUT2D eigenvalue weighted by atomic mass is 10.3. The number of aromatic nitrogens is 2. The molecule has 25 heavy (non-hydrogen) atoms. The van der Waals surface area contributed by atoms with Crippen LogP contribution in [0.4, 0.5) is 0 Å². The van der Waals surface area contributed by atoms with E-state index in [9.17, 15) is 0 Å². The molecule has 2 aromatic rings. The van der Waals surface area contributed by atoms with E-state index in [0.717, 1.165) is 17.0 Å².